The molecular weight excluding hydrogens is 381 g/mol. The minimum Gasteiger partial charge on any atom is -0.404 e. The summed E-state index contributed by atoms with van der Waals surface area (Å²) in [4.78, 5) is -0.556. The summed E-state index contributed by atoms with van der Waals surface area (Å²) in [7, 11) is -4.17. The van der Waals surface area contributed by atoms with Gasteiger partial charge in [0.25, 0.3) is 0 Å². The van der Waals surface area contributed by atoms with Crippen molar-refractivity contribution in [3.05, 3.63) is 24.3 Å². The molecule has 1 aromatic rings. The molecule has 1 saturated carbocycles. The lowest BCUT2D eigenvalue weighted by molar-refractivity contribution is -0.275. The third-order valence-electron chi connectivity index (χ3n) is 4.08. The Labute approximate surface area is 151 Å². The molecule has 0 bridgehead atoms. The summed E-state index contributed by atoms with van der Waals surface area (Å²) in [6, 6.07) is 4.64. The van der Waals surface area contributed by atoms with Gasteiger partial charge in [-0.05, 0) is 25.0 Å². The van der Waals surface area contributed by atoms with E-state index < -0.39 is 32.6 Å². The van der Waals surface area contributed by atoms with E-state index in [4.69, 9.17) is 5.73 Å². The summed E-state index contributed by atoms with van der Waals surface area (Å²) in [5.74, 6) is -0.760. The zero-order valence-electron chi connectivity index (χ0n) is 13.5. The second-order valence-electron chi connectivity index (χ2n) is 6.10. The van der Waals surface area contributed by atoms with Crippen LogP contribution in [0.15, 0.2) is 29.2 Å². The number of nitrogens with one attached hydrogen (secondary N) is 1. The van der Waals surface area contributed by atoms with Crippen LogP contribution in [-0.4, -0.2) is 26.9 Å². The van der Waals surface area contributed by atoms with E-state index in [2.05, 4.69) is 9.46 Å². The number of para-hydroxylation sites is 1. The topological polar surface area (TPSA) is 81.4 Å². The maximum Gasteiger partial charge on any atom is 0.573 e. The molecule has 5 nitrogen and oxygen atoms in total. The van der Waals surface area contributed by atoms with Gasteiger partial charge in [0.1, 0.15) is 10.6 Å². The number of nitrogens with two attached hydrogens (primary N) is 1. The monoisotopic (exact) mass is 402 g/mol. The molecule has 25 heavy (non-hydrogen) atoms. The van der Waals surface area contributed by atoms with Gasteiger partial charge in [0.05, 0.1) is 0 Å². The van der Waals surface area contributed by atoms with Crippen molar-refractivity contribution in [1.29, 1.82) is 0 Å². The number of alkyl halides is 3. The molecule has 0 spiro atoms. The molecule has 1 aromatic carbocycles. The zero-order valence-corrected chi connectivity index (χ0v) is 15.1. The lowest BCUT2D eigenvalue weighted by atomic mass is 9.92. The van der Waals surface area contributed by atoms with Gasteiger partial charge in [0, 0.05) is 12.1 Å². The van der Waals surface area contributed by atoms with E-state index in [0.717, 1.165) is 37.8 Å². The number of halogens is 4. The molecule has 0 saturated heterocycles. The first-order valence-electron chi connectivity index (χ1n) is 7.75. The largest absolute Gasteiger partial charge is 0.573 e. The first-order valence-corrected chi connectivity index (χ1v) is 9.23. The van der Waals surface area contributed by atoms with Gasteiger partial charge < -0.3 is 10.5 Å². The Balaban J connectivity index is 0.00000312. The van der Waals surface area contributed by atoms with Crippen LogP contribution in [0.2, 0.25) is 0 Å². The Kier molecular flexibility index (Phi) is 7.54. The van der Waals surface area contributed by atoms with Crippen molar-refractivity contribution in [2.45, 2.75) is 55.3 Å². The summed E-state index contributed by atoms with van der Waals surface area (Å²) in [5, 5.41) is 0. The average molecular weight is 403 g/mol. The number of benzene rings is 1. The molecule has 2 rings (SSSR count). The standard InChI is InChI=1S/C15H21F3N2O3S.ClH/c16-15(17,18)23-12-7-3-4-8-13(12)24(21,22)20-11-14(19)9-5-1-2-6-10-14;/h3-4,7-8,20H,1-2,5-6,9-11,19H2;1H. The van der Waals surface area contributed by atoms with Crippen LogP contribution in [0.1, 0.15) is 38.5 Å². The first-order chi connectivity index (χ1) is 11.1. The highest BCUT2D eigenvalue weighted by Gasteiger charge is 2.35. The van der Waals surface area contributed by atoms with Crippen LogP contribution in [0.3, 0.4) is 0 Å². The predicted octanol–water partition coefficient (Wildman–Crippen LogP) is 3.34. The zero-order chi connectivity index (χ0) is 17.8. The maximum atomic E-state index is 12.4. The van der Waals surface area contributed by atoms with Crippen LogP contribution in [0.5, 0.6) is 5.75 Å². The molecule has 0 unspecified atom stereocenters. The molecule has 0 aliphatic heterocycles. The van der Waals surface area contributed by atoms with Crippen molar-refractivity contribution < 1.29 is 26.3 Å². The fourth-order valence-corrected chi connectivity index (χ4v) is 4.07. The normalized spacial score (nSPS) is 18.1. The molecule has 3 N–H and O–H groups in total. The summed E-state index contributed by atoms with van der Waals surface area (Å²) in [6.07, 6.45) is 0.300. The third kappa shape index (κ3) is 6.65. The van der Waals surface area contributed by atoms with Gasteiger partial charge >= 0.3 is 6.36 Å². The van der Waals surface area contributed by atoms with Crippen molar-refractivity contribution in [3.8, 4) is 5.75 Å². The van der Waals surface area contributed by atoms with Gasteiger partial charge in [-0.2, -0.15) is 0 Å². The molecule has 10 heteroatoms. The number of hydrogen-bond acceptors (Lipinski definition) is 4. The predicted molar refractivity (Wildman–Crippen MR) is 90.2 cm³/mol. The Morgan fingerprint density at radius 3 is 2.24 bits per heavy atom. The van der Waals surface area contributed by atoms with E-state index in [-0.39, 0.29) is 19.0 Å². The minimum atomic E-state index is -4.97. The van der Waals surface area contributed by atoms with Crippen molar-refractivity contribution in [2.24, 2.45) is 5.73 Å². The Hall–Kier alpha value is -1.03. The van der Waals surface area contributed by atoms with E-state index in [1.54, 1.807) is 0 Å². The molecule has 0 amide bonds. The lowest BCUT2D eigenvalue weighted by Crippen LogP contribution is -2.49. The van der Waals surface area contributed by atoms with Gasteiger partial charge in [-0.3, -0.25) is 0 Å². The van der Waals surface area contributed by atoms with Crippen LogP contribution in [-0.2, 0) is 10.0 Å². The summed E-state index contributed by atoms with van der Waals surface area (Å²) in [6.45, 7) is -0.0182. The van der Waals surface area contributed by atoms with E-state index in [9.17, 15) is 21.6 Å². The summed E-state index contributed by atoms with van der Waals surface area (Å²) in [5.41, 5.74) is 5.57. The van der Waals surface area contributed by atoms with Gasteiger partial charge in [-0.1, -0.05) is 37.8 Å². The molecule has 144 valence electrons. The highest BCUT2D eigenvalue weighted by Crippen LogP contribution is 2.30. The first kappa shape index (κ1) is 22.0. The Morgan fingerprint density at radius 2 is 1.68 bits per heavy atom. The van der Waals surface area contributed by atoms with Crippen molar-refractivity contribution in [2.75, 3.05) is 6.54 Å². The lowest BCUT2D eigenvalue weighted by Gasteiger charge is -2.28. The number of ether oxygens (including phenoxy) is 1. The van der Waals surface area contributed by atoms with Crippen LogP contribution in [0.25, 0.3) is 0 Å². The smallest absolute Gasteiger partial charge is 0.404 e. The SMILES string of the molecule is Cl.NC1(CNS(=O)(=O)c2ccccc2OC(F)(F)F)CCCCCC1. The van der Waals surface area contributed by atoms with E-state index >= 15 is 0 Å². The van der Waals surface area contributed by atoms with Gasteiger partial charge in [-0.25, -0.2) is 13.1 Å². The summed E-state index contributed by atoms with van der Waals surface area (Å²) >= 11 is 0. The fraction of sp³-hybridized carbons (Fsp3) is 0.600. The molecule has 1 aliphatic carbocycles. The second-order valence-corrected chi connectivity index (χ2v) is 7.83. The van der Waals surface area contributed by atoms with E-state index in [1.807, 2.05) is 0 Å². The molecule has 1 fully saturated rings. The van der Waals surface area contributed by atoms with Gasteiger partial charge in [0.2, 0.25) is 10.0 Å². The highest BCUT2D eigenvalue weighted by molar-refractivity contribution is 7.89. The van der Waals surface area contributed by atoms with Crippen LogP contribution in [0, 0.1) is 0 Å². The van der Waals surface area contributed by atoms with Crippen molar-refractivity contribution >= 4 is 22.4 Å². The molecule has 0 atom stereocenters. The van der Waals surface area contributed by atoms with Crippen molar-refractivity contribution in [3.63, 3.8) is 0 Å². The van der Waals surface area contributed by atoms with Gasteiger partial charge in [0.15, 0.2) is 0 Å². The molecule has 0 radical (unpaired) electrons. The molecule has 1 aliphatic rings. The van der Waals surface area contributed by atoms with Crippen LogP contribution >= 0.6 is 12.4 Å². The highest BCUT2D eigenvalue weighted by atomic mass is 35.5. The van der Waals surface area contributed by atoms with Gasteiger partial charge in [-0.15, -0.1) is 25.6 Å². The molecular formula is C15H22ClF3N2O3S. The Bertz CT molecular complexity index is 660. The van der Waals surface area contributed by atoms with Crippen LogP contribution in [0.4, 0.5) is 13.2 Å². The molecule has 0 aromatic heterocycles. The van der Waals surface area contributed by atoms with E-state index in [1.165, 1.54) is 12.1 Å². The van der Waals surface area contributed by atoms with Crippen molar-refractivity contribution in [1.82, 2.24) is 4.72 Å². The van der Waals surface area contributed by atoms with Crippen LogP contribution < -0.4 is 15.2 Å². The maximum absolute atomic E-state index is 12.4. The quantitative estimate of drug-likeness (QED) is 0.740. The number of hydrogen-bond donors (Lipinski definition) is 2. The average Bonchev–Trinajstić information content (AvgIpc) is 2.70. The number of rotatable bonds is 5. The fourth-order valence-electron chi connectivity index (χ4n) is 2.81. The second kappa shape index (κ2) is 8.57. The van der Waals surface area contributed by atoms with E-state index in [0.29, 0.717) is 12.8 Å². The summed E-state index contributed by atoms with van der Waals surface area (Å²) < 4.78 is 68.2. The Morgan fingerprint density at radius 1 is 1.12 bits per heavy atom. The minimum absolute atomic E-state index is 0. The number of sulfonamides is 1. The third-order valence-corrected chi connectivity index (χ3v) is 5.52. The molecule has 0 heterocycles.